The van der Waals surface area contributed by atoms with Crippen LogP contribution >= 0.6 is 0 Å². The Kier molecular flexibility index (Phi) is 5.26. The van der Waals surface area contributed by atoms with Crippen LogP contribution in [0.3, 0.4) is 0 Å². The van der Waals surface area contributed by atoms with E-state index in [-0.39, 0.29) is 5.91 Å². The Labute approximate surface area is 142 Å². The fourth-order valence-electron chi connectivity index (χ4n) is 3.06. The maximum Gasteiger partial charge on any atom is 0.271 e. The summed E-state index contributed by atoms with van der Waals surface area (Å²) in [5, 5.41) is 4.32. The second kappa shape index (κ2) is 7.77. The number of benzene rings is 2. The van der Waals surface area contributed by atoms with Gasteiger partial charge in [0, 0.05) is 11.3 Å². The van der Waals surface area contributed by atoms with Gasteiger partial charge in [0.2, 0.25) is 0 Å². The van der Waals surface area contributed by atoms with Crippen molar-refractivity contribution in [3.05, 3.63) is 65.7 Å². The van der Waals surface area contributed by atoms with Crippen molar-refractivity contribution in [2.24, 2.45) is 5.10 Å². The SMILES string of the molecule is COc1ccc(C(=O)NN=C2CCC(c3ccccc3)CC2)cc1. The van der Waals surface area contributed by atoms with Crippen molar-refractivity contribution < 1.29 is 9.53 Å². The quantitative estimate of drug-likeness (QED) is 0.860. The van der Waals surface area contributed by atoms with Crippen molar-refractivity contribution in [1.82, 2.24) is 5.43 Å². The lowest BCUT2D eigenvalue weighted by Crippen LogP contribution is -2.22. The van der Waals surface area contributed by atoms with E-state index in [0.29, 0.717) is 11.5 Å². The van der Waals surface area contributed by atoms with Gasteiger partial charge in [-0.3, -0.25) is 4.79 Å². The summed E-state index contributed by atoms with van der Waals surface area (Å²) in [7, 11) is 1.60. The summed E-state index contributed by atoms with van der Waals surface area (Å²) in [5.74, 6) is 1.15. The first-order chi connectivity index (χ1) is 11.8. The fourth-order valence-corrected chi connectivity index (χ4v) is 3.06. The van der Waals surface area contributed by atoms with Gasteiger partial charge in [0.15, 0.2) is 0 Å². The number of nitrogens with zero attached hydrogens (tertiary/aromatic N) is 1. The summed E-state index contributed by atoms with van der Waals surface area (Å²) in [6, 6.07) is 17.6. The van der Waals surface area contributed by atoms with Gasteiger partial charge >= 0.3 is 0 Å². The minimum Gasteiger partial charge on any atom is -0.497 e. The average molecular weight is 322 g/mol. The average Bonchev–Trinajstić information content (AvgIpc) is 2.67. The van der Waals surface area contributed by atoms with Crippen molar-refractivity contribution in [2.45, 2.75) is 31.6 Å². The number of ether oxygens (including phenoxy) is 1. The highest BCUT2D eigenvalue weighted by Gasteiger charge is 2.19. The Morgan fingerprint density at radius 1 is 1.04 bits per heavy atom. The van der Waals surface area contributed by atoms with Crippen molar-refractivity contribution in [3.63, 3.8) is 0 Å². The normalized spacial score (nSPS) is 17.2. The van der Waals surface area contributed by atoms with Gasteiger partial charge < -0.3 is 4.74 Å². The predicted molar refractivity (Wildman–Crippen MR) is 95.5 cm³/mol. The van der Waals surface area contributed by atoms with Crippen LogP contribution in [0.5, 0.6) is 5.75 Å². The molecule has 2 aromatic carbocycles. The Morgan fingerprint density at radius 2 is 1.71 bits per heavy atom. The molecule has 0 radical (unpaired) electrons. The molecule has 1 fully saturated rings. The lowest BCUT2D eigenvalue weighted by molar-refractivity contribution is 0.0954. The minimum atomic E-state index is -0.185. The fraction of sp³-hybridized carbons (Fsp3) is 0.300. The molecule has 0 saturated heterocycles. The molecule has 1 N–H and O–H groups in total. The third-order valence-electron chi connectivity index (χ3n) is 4.50. The molecule has 0 aliphatic heterocycles. The maximum absolute atomic E-state index is 12.1. The van der Waals surface area contributed by atoms with Crippen LogP contribution in [-0.4, -0.2) is 18.7 Å². The first-order valence-corrected chi connectivity index (χ1v) is 8.31. The van der Waals surface area contributed by atoms with E-state index < -0.39 is 0 Å². The highest BCUT2D eigenvalue weighted by atomic mass is 16.5. The van der Waals surface area contributed by atoms with Gasteiger partial charge in [-0.1, -0.05) is 30.3 Å². The van der Waals surface area contributed by atoms with Gasteiger partial charge in [0.25, 0.3) is 5.91 Å². The van der Waals surface area contributed by atoms with Crippen LogP contribution in [-0.2, 0) is 0 Å². The van der Waals surface area contributed by atoms with Crippen LogP contribution in [0.15, 0.2) is 59.7 Å². The van der Waals surface area contributed by atoms with Crippen LogP contribution < -0.4 is 10.2 Å². The molecule has 24 heavy (non-hydrogen) atoms. The van der Waals surface area contributed by atoms with Crippen LogP contribution in [0.25, 0.3) is 0 Å². The van der Waals surface area contributed by atoms with Gasteiger partial charge in [0.05, 0.1) is 7.11 Å². The molecule has 1 aliphatic carbocycles. The van der Waals surface area contributed by atoms with Crippen LogP contribution in [0.4, 0.5) is 0 Å². The second-order valence-corrected chi connectivity index (χ2v) is 6.03. The van der Waals surface area contributed by atoms with Gasteiger partial charge in [0.1, 0.15) is 5.75 Å². The summed E-state index contributed by atoms with van der Waals surface area (Å²) in [6.45, 7) is 0. The van der Waals surface area contributed by atoms with E-state index in [1.807, 2.05) is 6.07 Å². The van der Waals surface area contributed by atoms with Gasteiger partial charge in [-0.05, 0) is 61.4 Å². The maximum atomic E-state index is 12.1. The molecule has 0 bridgehead atoms. The Balaban J connectivity index is 1.53. The largest absolute Gasteiger partial charge is 0.497 e. The summed E-state index contributed by atoms with van der Waals surface area (Å²) >= 11 is 0. The number of rotatable bonds is 4. The monoisotopic (exact) mass is 322 g/mol. The predicted octanol–water partition coefficient (Wildman–Crippen LogP) is 4.14. The molecule has 1 saturated carbocycles. The smallest absolute Gasteiger partial charge is 0.271 e. The lowest BCUT2D eigenvalue weighted by atomic mass is 9.83. The topological polar surface area (TPSA) is 50.7 Å². The first-order valence-electron chi connectivity index (χ1n) is 8.31. The van der Waals surface area contributed by atoms with E-state index in [9.17, 15) is 4.79 Å². The zero-order valence-electron chi connectivity index (χ0n) is 13.9. The lowest BCUT2D eigenvalue weighted by Gasteiger charge is -2.23. The molecular weight excluding hydrogens is 300 g/mol. The number of hydrazone groups is 1. The van der Waals surface area contributed by atoms with E-state index in [0.717, 1.165) is 37.1 Å². The van der Waals surface area contributed by atoms with Crippen LogP contribution in [0, 0.1) is 0 Å². The van der Waals surface area contributed by atoms with Crippen LogP contribution in [0.1, 0.15) is 47.5 Å². The zero-order chi connectivity index (χ0) is 16.8. The molecule has 1 amide bonds. The molecule has 3 rings (SSSR count). The Bertz CT molecular complexity index is 698. The molecule has 0 unspecified atom stereocenters. The molecule has 4 nitrogen and oxygen atoms in total. The van der Waals surface area contributed by atoms with E-state index in [2.05, 4.69) is 34.8 Å². The van der Waals surface area contributed by atoms with Gasteiger partial charge in [-0.25, -0.2) is 5.43 Å². The van der Waals surface area contributed by atoms with Crippen molar-refractivity contribution in [3.8, 4) is 5.75 Å². The molecule has 0 atom stereocenters. The highest BCUT2D eigenvalue weighted by Crippen LogP contribution is 2.31. The number of methoxy groups -OCH3 is 1. The van der Waals surface area contributed by atoms with Gasteiger partial charge in [-0.2, -0.15) is 5.10 Å². The number of carbonyl (C=O) groups excluding carboxylic acids is 1. The molecule has 0 heterocycles. The minimum absolute atomic E-state index is 0.185. The third-order valence-corrected chi connectivity index (χ3v) is 4.50. The summed E-state index contributed by atoms with van der Waals surface area (Å²) < 4.78 is 5.09. The van der Waals surface area contributed by atoms with E-state index in [4.69, 9.17) is 4.74 Å². The molecule has 0 aromatic heterocycles. The van der Waals surface area contributed by atoms with Crippen LogP contribution in [0.2, 0.25) is 0 Å². The second-order valence-electron chi connectivity index (χ2n) is 6.03. The first kappa shape index (κ1) is 16.2. The number of carbonyl (C=O) groups is 1. The Hall–Kier alpha value is -2.62. The molecule has 1 aliphatic rings. The van der Waals surface area contributed by atoms with Crippen molar-refractivity contribution in [2.75, 3.05) is 7.11 Å². The summed E-state index contributed by atoms with van der Waals surface area (Å²) in [4.78, 5) is 12.1. The molecule has 0 spiro atoms. The van der Waals surface area contributed by atoms with E-state index in [1.165, 1.54) is 5.56 Å². The number of hydrogen-bond donors (Lipinski definition) is 1. The molecule has 124 valence electrons. The van der Waals surface area contributed by atoms with Gasteiger partial charge in [-0.15, -0.1) is 0 Å². The number of hydrogen-bond acceptors (Lipinski definition) is 3. The summed E-state index contributed by atoms with van der Waals surface area (Å²) in [5.41, 5.74) is 5.73. The highest BCUT2D eigenvalue weighted by molar-refractivity contribution is 5.95. The molecular formula is C20H22N2O2. The number of amides is 1. The van der Waals surface area contributed by atoms with Crippen molar-refractivity contribution in [1.29, 1.82) is 0 Å². The molecule has 4 heteroatoms. The van der Waals surface area contributed by atoms with E-state index in [1.54, 1.807) is 31.4 Å². The zero-order valence-corrected chi connectivity index (χ0v) is 13.9. The third kappa shape index (κ3) is 4.02. The van der Waals surface area contributed by atoms with Crippen molar-refractivity contribution >= 4 is 11.6 Å². The van der Waals surface area contributed by atoms with E-state index >= 15 is 0 Å². The standard InChI is InChI=1S/C20H22N2O2/c1-24-19-13-9-17(10-14-19)20(23)22-21-18-11-7-16(8-12-18)15-5-3-2-4-6-15/h2-6,9-10,13-14,16H,7-8,11-12H2,1H3,(H,22,23). The summed E-state index contributed by atoms with van der Waals surface area (Å²) in [6.07, 6.45) is 4.04. The number of nitrogens with one attached hydrogen (secondary N) is 1. The molecule has 2 aromatic rings. The Morgan fingerprint density at radius 3 is 2.33 bits per heavy atom.